The quantitative estimate of drug-likeness (QED) is 0.443. The van der Waals surface area contributed by atoms with Crippen LogP contribution >= 0.6 is 0 Å². The van der Waals surface area contributed by atoms with Crippen LogP contribution in [-0.4, -0.2) is 19.5 Å². The molecule has 6 heteroatoms. The summed E-state index contributed by atoms with van der Waals surface area (Å²) in [5.41, 5.74) is 3.04. The largest absolute Gasteiger partial charge is 0.363 e. The number of nitrogens with zero attached hydrogens (tertiary/aromatic N) is 4. The minimum absolute atomic E-state index is 0.187. The van der Waals surface area contributed by atoms with Crippen LogP contribution in [0.5, 0.6) is 0 Å². The molecule has 0 aliphatic heterocycles. The van der Waals surface area contributed by atoms with E-state index in [2.05, 4.69) is 20.3 Å². The predicted octanol–water partition coefficient (Wildman–Crippen LogP) is 5.23. The van der Waals surface area contributed by atoms with Gasteiger partial charge in [0.15, 0.2) is 11.6 Å². The molecule has 0 aliphatic carbocycles. The minimum atomic E-state index is -0.456. The van der Waals surface area contributed by atoms with Crippen molar-refractivity contribution in [3.63, 3.8) is 0 Å². The second-order valence-electron chi connectivity index (χ2n) is 6.94. The summed E-state index contributed by atoms with van der Waals surface area (Å²) in [6.07, 6.45) is 6.76. The van der Waals surface area contributed by atoms with Gasteiger partial charge in [-0.3, -0.25) is 0 Å². The van der Waals surface area contributed by atoms with Gasteiger partial charge in [-0.1, -0.05) is 48.5 Å². The fraction of sp³-hybridized carbons (Fsp3) is 0.0417. The maximum atomic E-state index is 15.1. The summed E-state index contributed by atoms with van der Waals surface area (Å²) >= 11 is 0. The molecular formula is C24H18FN5. The third-order valence-corrected chi connectivity index (χ3v) is 5.01. The molecule has 2 aromatic heterocycles. The summed E-state index contributed by atoms with van der Waals surface area (Å²) in [6.45, 7) is 0.454. The molecule has 0 aliphatic rings. The highest BCUT2D eigenvalue weighted by molar-refractivity contribution is 5.87. The molecule has 30 heavy (non-hydrogen) atoms. The van der Waals surface area contributed by atoms with Crippen molar-refractivity contribution in [2.24, 2.45) is 0 Å². The van der Waals surface area contributed by atoms with E-state index >= 15 is 4.39 Å². The van der Waals surface area contributed by atoms with E-state index in [1.807, 2.05) is 77.5 Å². The van der Waals surface area contributed by atoms with Crippen LogP contribution in [0.4, 0.5) is 10.2 Å². The summed E-state index contributed by atoms with van der Waals surface area (Å²) in [4.78, 5) is 12.3. The Balaban J connectivity index is 1.36. The van der Waals surface area contributed by atoms with Gasteiger partial charge >= 0.3 is 0 Å². The Labute approximate surface area is 172 Å². The first-order valence-electron chi connectivity index (χ1n) is 9.59. The summed E-state index contributed by atoms with van der Waals surface area (Å²) in [7, 11) is 0. The highest BCUT2D eigenvalue weighted by atomic mass is 19.1. The number of hydrogen-bond acceptors (Lipinski definition) is 4. The van der Waals surface area contributed by atoms with E-state index in [1.54, 1.807) is 12.5 Å². The molecule has 0 radical (unpaired) electrons. The van der Waals surface area contributed by atoms with Crippen LogP contribution in [0, 0.1) is 5.82 Å². The monoisotopic (exact) mass is 395 g/mol. The van der Waals surface area contributed by atoms with E-state index in [-0.39, 0.29) is 11.5 Å². The van der Waals surface area contributed by atoms with Crippen LogP contribution in [0.2, 0.25) is 0 Å². The van der Waals surface area contributed by atoms with Crippen LogP contribution in [0.1, 0.15) is 5.56 Å². The zero-order chi connectivity index (χ0) is 20.3. The third kappa shape index (κ3) is 3.51. The smallest absolute Gasteiger partial charge is 0.191 e. The lowest BCUT2D eigenvalue weighted by Gasteiger charge is -2.10. The van der Waals surface area contributed by atoms with Crippen LogP contribution in [0.25, 0.3) is 27.7 Å². The predicted molar refractivity (Wildman–Crippen MR) is 116 cm³/mol. The molecule has 3 aromatic carbocycles. The van der Waals surface area contributed by atoms with Crippen molar-refractivity contribution in [3.05, 3.63) is 103 Å². The molecule has 1 N–H and O–H groups in total. The van der Waals surface area contributed by atoms with Crippen molar-refractivity contribution in [1.29, 1.82) is 0 Å². The molecule has 5 aromatic rings. The number of imidazole rings is 1. The normalized spacial score (nSPS) is 11.0. The molecule has 0 spiro atoms. The fourth-order valence-corrected chi connectivity index (χ4v) is 3.41. The van der Waals surface area contributed by atoms with Crippen molar-refractivity contribution < 1.29 is 4.39 Å². The first-order valence-corrected chi connectivity index (χ1v) is 9.59. The van der Waals surface area contributed by atoms with Crippen molar-refractivity contribution >= 4 is 16.6 Å². The molecule has 5 rings (SSSR count). The Morgan fingerprint density at radius 1 is 0.900 bits per heavy atom. The topological polar surface area (TPSA) is 55.6 Å². The number of fused-ring (bicyclic) bond motifs is 1. The zero-order valence-electron chi connectivity index (χ0n) is 16.0. The lowest BCUT2D eigenvalue weighted by atomic mass is 10.0. The van der Waals surface area contributed by atoms with Gasteiger partial charge < -0.3 is 9.88 Å². The first-order chi connectivity index (χ1) is 14.8. The highest BCUT2D eigenvalue weighted by Crippen LogP contribution is 2.27. The van der Waals surface area contributed by atoms with E-state index in [0.717, 1.165) is 27.6 Å². The summed E-state index contributed by atoms with van der Waals surface area (Å²) in [6, 6.07) is 21.8. The number of anilines is 1. The highest BCUT2D eigenvalue weighted by Gasteiger charge is 2.13. The first kappa shape index (κ1) is 18.0. The molecule has 0 amide bonds. The molecule has 0 atom stereocenters. The van der Waals surface area contributed by atoms with E-state index in [0.29, 0.717) is 6.54 Å². The van der Waals surface area contributed by atoms with Crippen molar-refractivity contribution in [2.75, 3.05) is 5.32 Å². The van der Waals surface area contributed by atoms with Gasteiger partial charge in [-0.05, 0) is 34.5 Å². The van der Waals surface area contributed by atoms with Gasteiger partial charge in [-0.15, -0.1) is 0 Å². The van der Waals surface area contributed by atoms with E-state index in [9.17, 15) is 0 Å². The Hall–Kier alpha value is -4.06. The molecule has 2 heterocycles. The van der Waals surface area contributed by atoms with Gasteiger partial charge in [0.05, 0.1) is 6.33 Å². The van der Waals surface area contributed by atoms with Gasteiger partial charge in [-0.25, -0.2) is 19.3 Å². The molecule has 0 saturated carbocycles. The zero-order valence-corrected chi connectivity index (χ0v) is 16.0. The maximum Gasteiger partial charge on any atom is 0.191 e. The van der Waals surface area contributed by atoms with Crippen molar-refractivity contribution in [2.45, 2.75) is 6.54 Å². The average molecular weight is 395 g/mol. The Morgan fingerprint density at radius 2 is 1.73 bits per heavy atom. The number of rotatable bonds is 5. The summed E-state index contributed by atoms with van der Waals surface area (Å²) in [5, 5.41) is 5.23. The Kier molecular flexibility index (Phi) is 4.65. The molecule has 0 bridgehead atoms. The lowest BCUT2D eigenvalue weighted by molar-refractivity contribution is 0.621. The lowest BCUT2D eigenvalue weighted by Crippen LogP contribution is -2.06. The van der Waals surface area contributed by atoms with Gasteiger partial charge in [0, 0.05) is 30.2 Å². The van der Waals surface area contributed by atoms with Gasteiger partial charge in [0.2, 0.25) is 0 Å². The number of hydrogen-bond donors (Lipinski definition) is 1. The van der Waals surface area contributed by atoms with Crippen LogP contribution in [0.3, 0.4) is 0 Å². The second kappa shape index (κ2) is 7.75. The van der Waals surface area contributed by atoms with Gasteiger partial charge in [0.25, 0.3) is 0 Å². The Bertz CT molecular complexity index is 1300. The van der Waals surface area contributed by atoms with Crippen LogP contribution < -0.4 is 5.32 Å². The number of halogens is 1. The van der Waals surface area contributed by atoms with Gasteiger partial charge in [0.1, 0.15) is 12.0 Å². The summed E-state index contributed by atoms with van der Waals surface area (Å²) in [5.74, 6) is -0.269. The standard InChI is InChI=1S/C24H18FN5/c25-22-23(20-8-7-18-3-1-2-4-19(18)13-20)28-15-29-24(22)27-14-17-5-9-21(10-6-17)30-12-11-26-16-30/h1-13,15-16H,14H2,(H,27,28,29). The molecule has 0 saturated heterocycles. The van der Waals surface area contributed by atoms with Crippen LogP contribution in [-0.2, 0) is 6.54 Å². The second-order valence-corrected chi connectivity index (χ2v) is 6.94. The van der Waals surface area contributed by atoms with Crippen LogP contribution in [0.15, 0.2) is 91.8 Å². The van der Waals surface area contributed by atoms with E-state index in [4.69, 9.17) is 0 Å². The molecule has 5 nitrogen and oxygen atoms in total. The minimum Gasteiger partial charge on any atom is -0.363 e. The SMILES string of the molecule is Fc1c(NCc2ccc(-n3ccnc3)cc2)ncnc1-c1ccc2ccccc2c1. The molecule has 146 valence electrons. The summed E-state index contributed by atoms with van der Waals surface area (Å²) < 4.78 is 17.0. The number of nitrogens with one attached hydrogen (secondary N) is 1. The van der Waals surface area contributed by atoms with Gasteiger partial charge in [-0.2, -0.15) is 0 Å². The van der Waals surface area contributed by atoms with Crippen molar-refractivity contribution in [3.8, 4) is 16.9 Å². The molecule has 0 unspecified atom stereocenters. The van der Waals surface area contributed by atoms with E-state index in [1.165, 1.54) is 6.33 Å². The average Bonchev–Trinajstić information content (AvgIpc) is 3.33. The number of aromatic nitrogens is 4. The molecular weight excluding hydrogens is 377 g/mol. The molecule has 0 fully saturated rings. The van der Waals surface area contributed by atoms with Crippen molar-refractivity contribution in [1.82, 2.24) is 19.5 Å². The number of benzene rings is 3. The maximum absolute atomic E-state index is 15.1. The van der Waals surface area contributed by atoms with E-state index < -0.39 is 5.82 Å². The Morgan fingerprint density at radius 3 is 2.53 bits per heavy atom. The third-order valence-electron chi connectivity index (χ3n) is 5.01. The fourth-order valence-electron chi connectivity index (χ4n) is 3.41.